The molecule has 3 aromatic rings. The van der Waals surface area contributed by atoms with Crippen molar-refractivity contribution in [2.24, 2.45) is 0 Å². The largest absolute Gasteiger partial charge is 0.419 e. The van der Waals surface area contributed by atoms with Crippen molar-refractivity contribution >= 4 is 28.6 Å². The predicted octanol–water partition coefficient (Wildman–Crippen LogP) is 1.74. The molecule has 0 aliphatic rings. The first-order chi connectivity index (χ1) is 13.5. The Hall–Kier alpha value is -3.95. The zero-order valence-electron chi connectivity index (χ0n) is 14.6. The molecule has 0 atom stereocenters. The number of benzene rings is 2. The SMILES string of the molecule is O=C(CCCn1c(=O)oc2cc([N+](=O)[O-])ccc21)NNC(=O)c1ccccc1. The highest BCUT2D eigenvalue weighted by molar-refractivity contribution is 5.95. The summed E-state index contributed by atoms with van der Waals surface area (Å²) >= 11 is 0. The van der Waals surface area contributed by atoms with Crippen molar-refractivity contribution in [1.29, 1.82) is 0 Å². The van der Waals surface area contributed by atoms with Gasteiger partial charge in [0.25, 0.3) is 11.6 Å². The Bertz CT molecular complexity index is 1090. The second kappa shape index (κ2) is 8.16. The lowest BCUT2D eigenvalue weighted by Crippen LogP contribution is -2.41. The van der Waals surface area contributed by atoms with Crippen molar-refractivity contribution in [1.82, 2.24) is 15.4 Å². The van der Waals surface area contributed by atoms with E-state index in [4.69, 9.17) is 4.42 Å². The summed E-state index contributed by atoms with van der Waals surface area (Å²) in [5.41, 5.74) is 5.37. The van der Waals surface area contributed by atoms with E-state index in [2.05, 4.69) is 10.9 Å². The molecule has 0 saturated carbocycles. The molecule has 28 heavy (non-hydrogen) atoms. The smallest absolute Gasteiger partial charge is 0.407 e. The molecule has 2 N–H and O–H groups in total. The molecule has 2 aromatic carbocycles. The number of hydrazine groups is 1. The van der Waals surface area contributed by atoms with Crippen LogP contribution in [-0.4, -0.2) is 21.3 Å². The predicted molar refractivity (Wildman–Crippen MR) is 98.4 cm³/mol. The van der Waals surface area contributed by atoms with Crippen LogP contribution in [0.4, 0.5) is 5.69 Å². The first-order valence-electron chi connectivity index (χ1n) is 8.38. The van der Waals surface area contributed by atoms with Crippen LogP contribution >= 0.6 is 0 Å². The summed E-state index contributed by atoms with van der Waals surface area (Å²) in [7, 11) is 0. The maximum atomic E-state index is 11.9. The number of hydrogen-bond acceptors (Lipinski definition) is 6. The number of carbonyl (C=O) groups excluding carboxylic acids is 2. The average molecular weight is 384 g/mol. The monoisotopic (exact) mass is 384 g/mol. The average Bonchev–Trinajstić information content (AvgIpc) is 3.01. The third-order valence-electron chi connectivity index (χ3n) is 4.00. The van der Waals surface area contributed by atoms with Gasteiger partial charge in [0.05, 0.1) is 16.5 Å². The van der Waals surface area contributed by atoms with Gasteiger partial charge >= 0.3 is 5.76 Å². The van der Waals surface area contributed by atoms with Crippen LogP contribution in [-0.2, 0) is 11.3 Å². The van der Waals surface area contributed by atoms with Crippen LogP contribution < -0.4 is 16.6 Å². The topological polar surface area (TPSA) is 136 Å². The fraction of sp³-hybridized carbons (Fsp3) is 0.167. The van der Waals surface area contributed by atoms with Gasteiger partial charge in [0, 0.05) is 24.6 Å². The van der Waals surface area contributed by atoms with E-state index in [1.165, 1.54) is 22.8 Å². The highest BCUT2D eigenvalue weighted by Gasteiger charge is 2.14. The Morgan fingerprint density at radius 2 is 1.86 bits per heavy atom. The number of rotatable bonds is 6. The number of nitro groups is 1. The zero-order valence-corrected chi connectivity index (χ0v) is 14.6. The summed E-state index contributed by atoms with van der Waals surface area (Å²) in [4.78, 5) is 45.9. The molecule has 10 nitrogen and oxygen atoms in total. The van der Waals surface area contributed by atoms with Crippen LogP contribution in [0.5, 0.6) is 0 Å². The summed E-state index contributed by atoms with van der Waals surface area (Å²) in [6.45, 7) is 0.184. The third kappa shape index (κ3) is 4.23. The molecule has 0 spiro atoms. The lowest BCUT2D eigenvalue weighted by atomic mass is 10.2. The van der Waals surface area contributed by atoms with Crippen LogP contribution in [0.15, 0.2) is 57.7 Å². The minimum Gasteiger partial charge on any atom is -0.407 e. The van der Waals surface area contributed by atoms with Gasteiger partial charge in [-0.05, 0) is 24.6 Å². The number of non-ortho nitro benzene ring substituents is 1. The van der Waals surface area contributed by atoms with E-state index < -0.39 is 22.5 Å². The Labute approximate surface area is 157 Å². The van der Waals surface area contributed by atoms with Crippen molar-refractivity contribution in [3.63, 3.8) is 0 Å². The molecular weight excluding hydrogens is 368 g/mol. The molecule has 0 fully saturated rings. The Kier molecular flexibility index (Phi) is 5.49. The van der Waals surface area contributed by atoms with E-state index >= 15 is 0 Å². The number of fused-ring (bicyclic) bond motifs is 1. The summed E-state index contributed by atoms with van der Waals surface area (Å²) in [5, 5.41) is 10.8. The number of aromatic nitrogens is 1. The van der Waals surface area contributed by atoms with Gasteiger partial charge in [0.2, 0.25) is 5.91 Å². The van der Waals surface area contributed by atoms with Crippen molar-refractivity contribution in [2.45, 2.75) is 19.4 Å². The second-order valence-corrected chi connectivity index (χ2v) is 5.90. The first-order valence-corrected chi connectivity index (χ1v) is 8.38. The minimum absolute atomic E-state index is 0.0567. The van der Waals surface area contributed by atoms with Crippen LogP contribution in [0.2, 0.25) is 0 Å². The number of nitrogens with one attached hydrogen (secondary N) is 2. The molecule has 0 bridgehead atoms. The first kappa shape index (κ1) is 18.8. The normalized spacial score (nSPS) is 10.6. The number of amides is 2. The molecule has 10 heteroatoms. The molecule has 0 radical (unpaired) electrons. The molecule has 0 aliphatic heterocycles. The van der Waals surface area contributed by atoms with Gasteiger partial charge in [-0.25, -0.2) is 4.79 Å². The van der Waals surface area contributed by atoms with Crippen molar-refractivity contribution < 1.29 is 18.9 Å². The van der Waals surface area contributed by atoms with Crippen molar-refractivity contribution in [3.8, 4) is 0 Å². The van der Waals surface area contributed by atoms with Gasteiger partial charge in [0.15, 0.2) is 5.58 Å². The number of nitrogens with zero attached hydrogens (tertiary/aromatic N) is 2. The van der Waals surface area contributed by atoms with Crippen LogP contribution in [0.25, 0.3) is 11.1 Å². The lowest BCUT2D eigenvalue weighted by molar-refractivity contribution is -0.384. The van der Waals surface area contributed by atoms with Gasteiger partial charge in [-0.15, -0.1) is 0 Å². The fourth-order valence-electron chi connectivity index (χ4n) is 2.63. The number of hydrogen-bond donors (Lipinski definition) is 2. The summed E-state index contributed by atoms with van der Waals surface area (Å²) in [5.74, 6) is -1.51. The molecule has 0 aliphatic carbocycles. The summed E-state index contributed by atoms with van der Waals surface area (Å²) < 4.78 is 6.32. The van der Waals surface area contributed by atoms with Crippen molar-refractivity contribution in [2.75, 3.05) is 0 Å². The zero-order chi connectivity index (χ0) is 20.1. The minimum atomic E-state index is -0.659. The molecule has 1 aromatic heterocycles. The van der Waals surface area contributed by atoms with Crippen LogP contribution in [0, 0.1) is 10.1 Å². The summed E-state index contributed by atoms with van der Waals surface area (Å²) in [6.07, 6.45) is 0.361. The van der Waals surface area contributed by atoms with Gasteiger partial charge < -0.3 is 4.42 Å². The molecule has 0 saturated heterocycles. The van der Waals surface area contributed by atoms with Gasteiger partial charge in [-0.1, -0.05) is 18.2 Å². The number of nitro benzene ring substituents is 1. The molecule has 0 unspecified atom stereocenters. The quantitative estimate of drug-likeness (QED) is 0.491. The van der Waals surface area contributed by atoms with E-state index in [0.717, 1.165) is 0 Å². The molecule has 3 rings (SSSR count). The third-order valence-corrected chi connectivity index (χ3v) is 4.00. The second-order valence-electron chi connectivity index (χ2n) is 5.90. The van der Waals surface area contributed by atoms with Crippen LogP contribution in [0.3, 0.4) is 0 Å². The maximum absolute atomic E-state index is 11.9. The van der Waals surface area contributed by atoms with E-state index in [9.17, 15) is 24.5 Å². The molecule has 144 valence electrons. The number of carbonyl (C=O) groups is 2. The van der Waals surface area contributed by atoms with Gasteiger partial charge in [0.1, 0.15) is 0 Å². The van der Waals surface area contributed by atoms with Gasteiger partial charge in [-0.2, -0.15) is 0 Å². The van der Waals surface area contributed by atoms with E-state index in [-0.39, 0.29) is 24.2 Å². The Morgan fingerprint density at radius 1 is 1.11 bits per heavy atom. The van der Waals surface area contributed by atoms with E-state index in [1.54, 1.807) is 30.3 Å². The fourth-order valence-corrected chi connectivity index (χ4v) is 2.63. The highest BCUT2D eigenvalue weighted by atomic mass is 16.6. The van der Waals surface area contributed by atoms with Crippen LogP contribution in [0.1, 0.15) is 23.2 Å². The highest BCUT2D eigenvalue weighted by Crippen LogP contribution is 2.20. The van der Waals surface area contributed by atoms with E-state index in [0.29, 0.717) is 17.5 Å². The standard InChI is InChI=1S/C18H16N4O6/c23-16(19-20-17(24)12-5-2-1-3-6-12)7-4-10-21-14-9-8-13(22(26)27)11-15(14)28-18(21)25/h1-3,5-6,8-9,11H,4,7,10H2,(H,19,23)(H,20,24). The number of oxazole rings is 1. The maximum Gasteiger partial charge on any atom is 0.419 e. The van der Waals surface area contributed by atoms with Crippen molar-refractivity contribution in [3.05, 3.63) is 74.8 Å². The molecule has 2 amide bonds. The lowest BCUT2D eigenvalue weighted by Gasteiger charge is -2.07. The Morgan fingerprint density at radius 3 is 2.57 bits per heavy atom. The van der Waals surface area contributed by atoms with Gasteiger partial charge in [-0.3, -0.25) is 35.1 Å². The van der Waals surface area contributed by atoms with E-state index in [1.807, 2.05) is 0 Å². The molecule has 1 heterocycles. The Balaban J connectivity index is 1.54. The number of aryl methyl sites for hydroxylation is 1. The molecular formula is C18H16N4O6. The summed E-state index contributed by atoms with van der Waals surface area (Å²) in [6, 6.07) is 12.3.